The Hall–Kier alpha value is -2.78. The van der Waals surface area contributed by atoms with Gasteiger partial charge in [-0.25, -0.2) is 4.21 Å². The first-order valence-electron chi connectivity index (χ1n) is 9.28. The highest BCUT2D eigenvalue weighted by Gasteiger charge is 2.33. The maximum absolute atomic E-state index is 11.7. The Balaban J connectivity index is 2.20. The Morgan fingerprint density at radius 1 is 1.21 bits per heavy atom. The Bertz CT molecular complexity index is 1020. The van der Waals surface area contributed by atoms with E-state index in [1.54, 1.807) is 13.4 Å². The molecule has 0 saturated heterocycles. The number of fused-ring (bicyclic) bond motifs is 1. The third-order valence-corrected chi connectivity index (χ3v) is 5.82. The van der Waals surface area contributed by atoms with Crippen LogP contribution in [0.25, 0.3) is 10.9 Å². The van der Waals surface area contributed by atoms with Crippen LogP contribution in [0.3, 0.4) is 0 Å². The number of nitriles is 1. The van der Waals surface area contributed by atoms with Gasteiger partial charge in [-0.1, -0.05) is 25.1 Å². The number of aromatic nitrogens is 1. The van der Waals surface area contributed by atoms with Crippen molar-refractivity contribution in [3.05, 3.63) is 60.3 Å². The van der Waals surface area contributed by atoms with Gasteiger partial charge in [0.1, 0.15) is 16.7 Å². The molecule has 0 radical (unpaired) electrons. The predicted octanol–water partition coefficient (Wildman–Crippen LogP) is 4.81. The van der Waals surface area contributed by atoms with Crippen molar-refractivity contribution in [1.82, 2.24) is 4.57 Å². The molecule has 1 aromatic heterocycles. The summed E-state index contributed by atoms with van der Waals surface area (Å²) in [6.07, 6.45) is 5.68. The lowest BCUT2D eigenvalue weighted by Crippen LogP contribution is -2.33. The van der Waals surface area contributed by atoms with Crippen LogP contribution < -0.4 is 9.46 Å². The molecule has 2 unspecified atom stereocenters. The number of nitrogens with zero attached hydrogens (tertiary/aromatic N) is 2. The molecule has 3 rings (SSSR count). The molecule has 0 aliphatic heterocycles. The first kappa shape index (κ1) is 20.0. The largest absolute Gasteiger partial charge is 0.497 e. The van der Waals surface area contributed by atoms with Gasteiger partial charge in [0, 0.05) is 24.3 Å². The molecule has 1 N–H and O–H groups in total. The van der Waals surface area contributed by atoms with Gasteiger partial charge in [0.15, 0.2) is 0 Å². The minimum Gasteiger partial charge on any atom is -0.497 e. The van der Waals surface area contributed by atoms with E-state index in [4.69, 9.17) is 4.74 Å². The van der Waals surface area contributed by atoms with Crippen molar-refractivity contribution in [1.29, 1.82) is 5.26 Å². The molecule has 0 fully saturated rings. The number of nitrogens with one attached hydrogen (secondary N) is 1. The summed E-state index contributed by atoms with van der Waals surface area (Å²) in [6.45, 7) is 2.15. The van der Waals surface area contributed by atoms with Crippen molar-refractivity contribution in [3.63, 3.8) is 0 Å². The normalized spacial score (nSPS) is 14.2. The molecule has 146 valence electrons. The number of ether oxygens (including phenoxy) is 1. The molecule has 0 amide bonds. The van der Waals surface area contributed by atoms with Crippen LogP contribution in [0, 0.1) is 11.3 Å². The van der Waals surface area contributed by atoms with Crippen molar-refractivity contribution < 1.29 is 8.95 Å². The Kier molecular flexibility index (Phi) is 6.05. The smallest absolute Gasteiger partial charge is 0.118 e. The highest BCUT2D eigenvalue weighted by molar-refractivity contribution is 7.85. The van der Waals surface area contributed by atoms with Crippen LogP contribution in [0.2, 0.25) is 0 Å². The fraction of sp³-hybridized carbons (Fsp3) is 0.318. The molecule has 0 saturated carbocycles. The summed E-state index contributed by atoms with van der Waals surface area (Å²) >= 11 is 0. The topological polar surface area (TPSA) is 67.0 Å². The van der Waals surface area contributed by atoms with Crippen LogP contribution in [0.5, 0.6) is 5.75 Å². The lowest BCUT2D eigenvalue weighted by Gasteiger charge is -2.36. The van der Waals surface area contributed by atoms with E-state index in [1.165, 1.54) is 0 Å². The van der Waals surface area contributed by atoms with E-state index in [0.717, 1.165) is 34.3 Å². The van der Waals surface area contributed by atoms with Gasteiger partial charge < -0.3 is 14.0 Å². The summed E-state index contributed by atoms with van der Waals surface area (Å²) in [4.78, 5) is 0. The lowest BCUT2D eigenvalue weighted by atomic mass is 9.82. The van der Waals surface area contributed by atoms with Gasteiger partial charge in [-0.3, -0.25) is 0 Å². The van der Waals surface area contributed by atoms with Crippen LogP contribution in [0.15, 0.2) is 54.7 Å². The monoisotopic (exact) mass is 395 g/mol. The summed E-state index contributed by atoms with van der Waals surface area (Å²) in [6, 6.07) is 18.4. The second kappa shape index (κ2) is 8.49. The number of anilines is 1. The van der Waals surface area contributed by atoms with Gasteiger partial charge in [0.25, 0.3) is 0 Å². The van der Waals surface area contributed by atoms with Crippen LogP contribution in [0.4, 0.5) is 5.69 Å². The van der Waals surface area contributed by atoms with Gasteiger partial charge in [0.05, 0.1) is 29.9 Å². The second-order valence-corrected chi connectivity index (χ2v) is 7.86. The Morgan fingerprint density at radius 3 is 2.57 bits per heavy atom. The molecule has 0 spiro atoms. The van der Waals surface area contributed by atoms with Gasteiger partial charge in [-0.15, -0.1) is 0 Å². The minimum atomic E-state index is -1.15. The van der Waals surface area contributed by atoms with E-state index in [0.29, 0.717) is 12.8 Å². The summed E-state index contributed by atoms with van der Waals surface area (Å²) in [5.41, 5.74) is 2.68. The molecule has 6 heteroatoms. The van der Waals surface area contributed by atoms with Crippen LogP contribution in [-0.2, 0) is 16.5 Å². The fourth-order valence-corrected chi connectivity index (χ4v) is 4.39. The Labute approximate surface area is 168 Å². The quantitative estimate of drug-likeness (QED) is 0.595. The maximum Gasteiger partial charge on any atom is 0.118 e. The van der Waals surface area contributed by atoms with Crippen LogP contribution in [0.1, 0.15) is 31.7 Å². The van der Waals surface area contributed by atoms with Gasteiger partial charge in [-0.05, 0) is 48.7 Å². The lowest BCUT2D eigenvalue weighted by molar-refractivity contribution is 0.328. The van der Waals surface area contributed by atoms with E-state index in [-0.39, 0.29) is 5.54 Å². The minimum absolute atomic E-state index is 0.353. The van der Waals surface area contributed by atoms with E-state index in [9.17, 15) is 9.47 Å². The molecule has 0 bridgehead atoms. The highest BCUT2D eigenvalue weighted by Crippen LogP contribution is 2.39. The summed E-state index contributed by atoms with van der Waals surface area (Å²) in [5.74, 6) is 0.809. The highest BCUT2D eigenvalue weighted by atomic mass is 32.2. The van der Waals surface area contributed by atoms with Crippen molar-refractivity contribution in [2.75, 3.05) is 18.1 Å². The summed E-state index contributed by atoms with van der Waals surface area (Å²) in [7, 11) is 0.509. The van der Waals surface area contributed by atoms with Crippen molar-refractivity contribution in [2.24, 2.45) is 0 Å². The molecule has 5 nitrogen and oxygen atoms in total. The summed E-state index contributed by atoms with van der Waals surface area (Å²) in [5, 5.41) is 10.3. The molecule has 0 aliphatic rings. The molecular formula is C22H25N3O2S. The molecule has 2 aromatic carbocycles. The maximum atomic E-state index is 11.7. The van der Waals surface area contributed by atoms with Crippen LogP contribution >= 0.6 is 0 Å². The number of hydrogen-bond acceptors (Lipinski definition) is 3. The van der Waals surface area contributed by atoms with Crippen molar-refractivity contribution >= 4 is 27.6 Å². The van der Waals surface area contributed by atoms with E-state index < -0.39 is 11.0 Å². The van der Waals surface area contributed by atoms with Gasteiger partial charge in [-0.2, -0.15) is 5.26 Å². The SMILES string of the molecule is CCC(CCC#N)(c1ccc(OC)cc1)n1ccc2c(NS(C)=O)cccc21. The average Bonchev–Trinajstić information content (AvgIpc) is 3.15. The first-order valence-corrected chi connectivity index (χ1v) is 10.8. The van der Waals surface area contributed by atoms with E-state index in [1.807, 2.05) is 30.3 Å². The third kappa shape index (κ3) is 3.63. The third-order valence-electron chi connectivity index (χ3n) is 5.31. The number of benzene rings is 2. The predicted molar refractivity (Wildman–Crippen MR) is 115 cm³/mol. The molecule has 3 aromatic rings. The molecule has 0 aliphatic carbocycles. The standard InChI is InChI=1S/C22H25N3O2S/c1-4-22(14-6-15-23,17-9-11-18(27-2)12-10-17)25-16-13-19-20(24-28(3)26)7-5-8-21(19)25/h5,7-13,16,24H,4,6,14H2,1-3H3. The van der Waals surface area contributed by atoms with Crippen molar-refractivity contribution in [2.45, 2.75) is 31.7 Å². The molecule has 1 heterocycles. The van der Waals surface area contributed by atoms with E-state index in [2.05, 4.69) is 46.7 Å². The van der Waals surface area contributed by atoms with Gasteiger partial charge in [0.2, 0.25) is 0 Å². The zero-order valence-electron chi connectivity index (χ0n) is 16.4. The summed E-state index contributed by atoms with van der Waals surface area (Å²) < 4.78 is 22.3. The number of rotatable bonds is 8. The number of hydrogen-bond donors (Lipinski definition) is 1. The Morgan fingerprint density at radius 2 is 1.96 bits per heavy atom. The molecule has 2 atom stereocenters. The van der Waals surface area contributed by atoms with Gasteiger partial charge >= 0.3 is 0 Å². The molecule has 28 heavy (non-hydrogen) atoms. The first-order chi connectivity index (χ1) is 13.6. The zero-order valence-corrected chi connectivity index (χ0v) is 17.3. The van der Waals surface area contributed by atoms with Crippen LogP contribution in [-0.4, -0.2) is 22.1 Å². The number of methoxy groups -OCH3 is 1. The fourth-order valence-electron chi connectivity index (χ4n) is 3.90. The molecular weight excluding hydrogens is 370 g/mol. The zero-order chi connectivity index (χ0) is 20.1. The van der Waals surface area contributed by atoms with Crippen molar-refractivity contribution in [3.8, 4) is 11.8 Å². The average molecular weight is 396 g/mol. The van der Waals surface area contributed by atoms with E-state index >= 15 is 0 Å². The second-order valence-electron chi connectivity index (χ2n) is 6.75.